The lowest BCUT2D eigenvalue weighted by molar-refractivity contribution is 0.223. The van der Waals surface area contributed by atoms with Crippen LogP contribution in [0.3, 0.4) is 0 Å². The van der Waals surface area contributed by atoms with Crippen LogP contribution in [0.25, 0.3) is 0 Å². The summed E-state index contributed by atoms with van der Waals surface area (Å²) in [6.07, 6.45) is 0. The van der Waals surface area contributed by atoms with Crippen LogP contribution in [0.15, 0.2) is 29.2 Å². The molecule has 1 aromatic carbocycles. The third-order valence-electron chi connectivity index (χ3n) is 1.75. The molecule has 1 rings (SSSR count). The van der Waals surface area contributed by atoms with Gasteiger partial charge in [-0.2, -0.15) is 0 Å². The molecule has 0 saturated carbocycles. The Morgan fingerprint density at radius 3 is 2.19 bits per heavy atom. The Labute approximate surface area is 99.1 Å². The fourth-order valence-corrected chi connectivity index (χ4v) is 2.03. The van der Waals surface area contributed by atoms with Crippen molar-refractivity contribution in [2.75, 3.05) is 14.1 Å². The van der Waals surface area contributed by atoms with Crippen LogP contribution in [0.5, 0.6) is 0 Å². The van der Waals surface area contributed by atoms with Gasteiger partial charge in [0.15, 0.2) is 0 Å². The number of halogens is 1. The van der Waals surface area contributed by atoms with Crippen LogP contribution in [0.2, 0.25) is 5.02 Å². The van der Waals surface area contributed by atoms with E-state index in [1.807, 2.05) is 4.72 Å². The number of hydrogen-bond donors (Lipinski definition) is 1. The van der Waals surface area contributed by atoms with Crippen molar-refractivity contribution in [2.24, 2.45) is 0 Å². The van der Waals surface area contributed by atoms with Crippen molar-refractivity contribution in [1.82, 2.24) is 9.62 Å². The van der Waals surface area contributed by atoms with Gasteiger partial charge in [0.05, 0.1) is 4.90 Å². The second-order valence-corrected chi connectivity index (χ2v) is 5.38. The van der Waals surface area contributed by atoms with Crippen LogP contribution < -0.4 is 4.72 Å². The van der Waals surface area contributed by atoms with Crippen LogP contribution in [-0.2, 0) is 10.0 Å². The number of nitrogens with zero attached hydrogens (tertiary/aromatic N) is 1. The molecule has 0 radical (unpaired) electrons. The Morgan fingerprint density at radius 1 is 1.25 bits per heavy atom. The molecule has 0 aliphatic rings. The highest BCUT2D eigenvalue weighted by Crippen LogP contribution is 2.13. The van der Waals surface area contributed by atoms with Crippen molar-refractivity contribution in [3.63, 3.8) is 0 Å². The van der Waals surface area contributed by atoms with E-state index in [0.29, 0.717) is 5.02 Å². The minimum Gasteiger partial charge on any atom is -0.330 e. The van der Waals surface area contributed by atoms with E-state index in [1.165, 1.54) is 38.4 Å². The molecule has 0 aromatic heterocycles. The van der Waals surface area contributed by atoms with Gasteiger partial charge in [0.25, 0.3) is 10.0 Å². The highest BCUT2D eigenvalue weighted by atomic mass is 35.5. The maximum absolute atomic E-state index is 11.7. The largest absolute Gasteiger partial charge is 0.330 e. The van der Waals surface area contributed by atoms with Gasteiger partial charge in [-0.15, -0.1) is 0 Å². The molecule has 16 heavy (non-hydrogen) atoms. The molecule has 5 nitrogen and oxygen atoms in total. The summed E-state index contributed by atoms with van der Waals surface area (Å²) < 4.78 is 25.2. The lowest BCUT2D eigenvalue weighted by Crippen LogP contribution is -2.38. The van der Waals surface area contributed by atoms with Gasteiger partial charge in [-0.1, -0.05) is 11.6 Å². The zero-order valence-electron chi connectivity index (χ0n) is 8.77. The smallest absolute Gasteiger partial charge is 0.330 e. The maximum atomic E-state index is 11.7. The molecule has 2 amide bonds. The molecule has 88 valence electrons. The molecule has 0 saturated heterocycles. The molecule has 0 aliphatic heterocycles. The van der Waals surface area contributed by atoms with Crippen molar-refractivity contribution in [1.29, 1.82) is 0 Å². The first-order valence-electron chi connectivity index (χ1n) is 4.32. The van der Waals surface area contributed by atoms with E-state index in [4.69, 9.17) is 11.6 Å². The average Bonchev–Trinajstić information content (AvgIpc) is 2.17. The van der Waals surface area contributed by atoms with Crippen molar-refractivity contribution in [3.05, 3.63) is 29.3 Å². The normalized spacial score (nSPS) is 10.9. The quantitative estimate of drug-likeness (QED) is 0.874. The van der Waals surface area contributed by atoms with Gasteiger partial charge in [-0.25, -0.2) is 17.9 Å². The van der Waals surface area contributed by atoms with Crippen molar-refractivity contribution >= 4 is 27.7 Å². The summed E-state index contributed by atoms with van der Waals surface area (Å²) in [5.74, 6) is 0. The third-order valence-corrected chi connectivity index (χ3v) is 3.34. The van der Waals surface area contributed by atoms with E-state index in [1.54, 1.807) is 0 Å². The van der Waals surface area contributed by atoms with Gasteiger partial charge < -0.3 is 4.90 Å². The topological polar surface area (TPSA) is 66.5 Å². The lowest BCUT2D eigenvalue weighted by Gasteiger charge is -2.12. The Morgan fingerprint density at radius 2 is 1.75 bits per heavy atom. The summed E-state index contributed by atoms with van der Waals surface area (Å²) in [7, 11) is -0.919. The Bertz CT molecular complexity index is 482. The summed E-state index contributed by atoms with van der Waals surface area (Å²) >= 11 is 5.63. The fraction of sp³-hybridized carbons (Fsp3) is 0.222. The summed E-state index contributed by atoms with van der Waals surface area (Å²) in [5, 5.41) is 0.429. The summed E-state index contributed by atoms with van der Waals surface area (Å²) in [6.45, 7) is 0. The highest BCUT2D eigenvalue weighted by Gasteiger charge is 2.18. The van der Waals surface area contributed by atoms with Crippen molar-refractivity contribution in [3.8, 4) is 0 Å². The van der Waals surface area contributed by atoms with E-state index in [2.05, 4.69) is 0 Å². The van der Waals surface area contributed by atoms with Crippen LogP contribution in [0.1, 0.15) is 0 Å². The van der Waals surface area contributed by atoms with Gasteiger partial charge in [0, 0.05) is 19.1 Å². The molecular weight excluding hydrogens is 252 g/mol. The second-order valence-electron chi connectivity index (χ2n) is 3.26. The van der Waals surface area contributed by atoms with Crippen molar-refractivity contribution < 1.29 is 13.2 Å². The minimum absolute atomic E-state index is 0.00731. The van der Waals surface area contributed by atoms with Crippen LogP contribution >= 0.6 is 11.6 Å². The summed E-state index contributed by atoms with van der Waals surface area (Å²) in [6, 6.07) is 4.84. The molecule has 0 aliphatic carbocycles. The number of rotatable bonds is 2. The highest BCUT2D eigenvalue weighted by molar-refractivity contribution is 7.90. The number of nitrogens with one attached hydrogen (secondary N) is 1. The Hall–Kier alpha value is -1.27. The molecule has 0 spiro atoms. The SMILES string of the molecule is CN(C)C(=O)NS(=O)(=O)c1ccc(Cl)cc1. The molecule has 7 heteroatoms. The van der Waals surface area contributed by atoms with Gasteiger partial charge in [-0.3, -0.25) is 0 Å². The molecule has 0 fully saturated rings. The van der Waals surface area contributed by atoms with E-state index in [9.17, 15) is 13.2 Å². The zero-order chi connectivity index (χ0) is 12.3. The number of sulfonamides is 1. The molecular formula is C9H11ClN2O3S. The monoisotopic (exact) mass is 262 g/mol. The van der Waals surface area contributed by atoms with Crippen molar-refractivity contribution in [2.45, 2.75) is 4.90 Å². The number of carbonyl (C=O) groups excluding carboxylic acids is 1. The maximum Gasteiger partial charge on any atom is 0.330 e. The number of amides is 2. The van der Waals surface area contributed by atoms with E-state index in [-0.39, 0.29) is 4.90 Å². The first-order valence-corrected chi connectivity index (χ1v) is 6.19. The molecule has 1 aromatic rings. The van der Waals surface area contributed by atoms with E-state index < -0.39 is 16.1 Å². The molecule has 0 unspecified atom stereocenters. The van der Waals surface area contributed by atoms with E-state index in [0.717, 1.165) is 4.90 Å². The van der Waals surface area contributed by atoms with Gasteiger partial charge in [-0.05, 0) is 24.3 Å². The van der Waals surface area contributed by atoms with Gasteiger partial charge in [0.2, 0.25) is 0 Å². The number of urea groups is 1. The predicted molar refractivity (Wildman–Crippen MR) is 60.9 cm³/mol. The number of carbonyl (C=O) groups is 1. The summed E-state index contributed by atoms with van der Waals surface area (Å²) in [4.78, 5) is 12.3. The van der Waals surface area contributed by atoms with Gasteiger partial charge in [0.1, 0.15) is 0 Å². The minimum atomic E-state index is -3.82. The average molecular weight is 263 g/mol. The Kier molecular flexibility index (Phi) is 3.77. The van der Waals surface area contributed by atoms with Gasteiger partial charge >= 0.3 is 6.03 Å². The van der Waals surface area contributed by atoms with Crippen LogP contribution in [-0.4, -0.2) is 33.4 Å². The molecule has 0 atom stereocenters. The second kappa shape index (κ2) is 4.71. The molecule has 0 bridgehead atoms. The third kappa shape index (κ3) is 3.11. The first-order chi connectivity index (χ1) is 7.33. The van der Waals surface area contributed by atoms with Crippen LogP contribution in [0.4, 0.5) is 4.79 Å². The Balaban J connectivity index is 2.95. The standard InChI is InChI=1S/C9H11ClN2O3S/c1-12(2)9(13)11-16(14,15)8-5-3-7(10)4-6-8/h3-6H,1-2H3,(H,11,13). The molecule has 1 N–H and O–H groups in total. The molecule has 0 heterocycles. The number of benzene rings is 1. The summed E-state index contributed by atoms with van der Waals surface area (Å²) in [5.41, 5.74) is 0. The lowest BCUT2D eigenvalue weighted by atomic mass is 10.4. The fourth-order valence-electron chi connectivity index (χ4n) is 0.879. The zero-order valence-corrected chi connectivity index (χ0v) is 10.3. The van der Waals surface area contributed by atoms with Crippen LogP contribution in [0, 0.1) is 0 Å². The predicted octanol–water partition coefficient (Wildman–Crippen LogP) is 1.30. The first kappa shape index (κ1) is 12.8. The number of hydrogen-bond acceptors (Lipinski definition) is 3. The van der Waals surface area contributed by atoms with E-state index >= 15 is 0 Å².